The van der Waals surface area contributed by atoms with Crippen molar-refractivity contribution in [1.29, 1.82) is 0 Å². The molecule has 0 radical (unpaired) electrons. The zero-order valence-corrected chi connectivity index (χ0v) is 16.8. The van der Waals surface area contributed by atoms with Crippen molar-refractivity contribution in [3.05, 3.63) is 65.2 Å². The van der Waals surface area contributed by atoms with Gasteiger partial charge in [0.05, 0.1) is 12.6 Å². The molecule has 0 bridgehead atoms. The van der Waals surface area contributed by atoms with Crippen molar-refractivity contribution in [3.63, 3.8) is 0 Å². The quantitative estimate of drug-likeness (QED) is 0.609. The Bertz CT molecular complexity index is 695. The largest absolute Gasteiger partial charge is 0.491 e. The molecule has 0 spiro atoms. The maximum atomic E-state index is 12.3. The third-order valence-electron chi connectivity index (χ3n) is 4.00. The number of rotatable bonds is 10. The zero-order valence-electron chi connectivity index (χ0n) is 15.9. The van der Waals surface area contributed by atoms with Gasteiger partial charge in [0, 0.05) is 18.7 Å². The van der Waals surface area contributed by atoms with Crippen LogP contribution < -0.4 is 15.8 Å². The number of ether oxygens (including phenoxy) is 2. The zero-order chi connectivity index (χ0) is 18.8. The standard InChI is InChI=1S/C21H28N2O3.ClH/c1-3-25-11-12-26-20-13-16(2)9-10-18(20)15-23-21(24)19(22)14-17-7-5-4-6-8-17;/h4-10,13,19H,3,11-12,14-15,22H2,1-2H3,(H,23,24);1H/t19-;/m0./s1. The van der Waals surface area contributed by atoms with Crippen molar-refractivity contribution in [2.75, 3.05) is 19.8 Å². The molecule has 0 aromatic heterocycles. The second kappa shape index (κ2) is 12.3. The van der Waals surface area contributed by atoms with E-state index < -0.39 is 6.04 Å². The van der Waals surface area contributed by atoms with Crippen LogP contribution in [0.25, 0.3) is 0 Å². The van der Waals surface area contributed by atoms with E-state index in [4.69, 9.17) is 15.2 Å². The van der Waals surface area contributed by atoms with E-state index in [0.29, 0.717) is 32.8 Å². The summed E-state index contributed by atoms with van der Waals surface area (Å²) in [4.78, 5) is 12.3. The minimum atomic E-state index is -0.579. The summed E-state index contributed by atoms with van der Waals surface area (Å²) in [7, 11) is 0. The minimum absolute atomic E-state index is 0. The smallest absolute Gasteiger partial charge is 0.237 e. The maximum absolute atomic E-state index is 12.3. The highest BCUT2D eigenvalue weighted by Gasteiger charge is 2.14. The van der Waals surface area contributed by atoms with E-state index in [9.17, 15) is 4.79 Å². The summed E-state index contributed by atoms with van der Waals surface area (Å²) >= 11 is 0. The van der Waals surface area contributed by atoms with Crippen LogP contribution in [0.3, 0.4) is 0 Å². The van der Waals surface area contributed by atoms with Gasteiger partial charge in [-0.2, -0.15) is 0 Å². The van der Waals surface area contributed by atoms with Crippen molar-refractivity contribution >= 4 is 18.3 Å². The van der Waals surface area contributed by atoms with E-state index >= 15 is 0 Å². The summed E-state index contributed by atoms with van der Waals surface area (Å²) < 4.78 is 11.1. The third-order valence-corrected chi connectivity index (χ3v) is 4.00. The highest BCUT2D eigenvalue weighted by molar-refractivity contribution is 5.85. The fourth-order valence-corrected chi connectivity index (χ4v) is 2.57. The van der Waals surface area contributed by atoms with Crippen LogP contribution in [0.2, 0.25) is 0 Å². The molecule has 148 valence electrons. The number of amides is 1. The van der Waals surface area contributed by atoms with E-state index in [2.05, 4.69) is 5.32 Å². The van der Waals surface area contributed by atoms with Crippen LogP contribution in [0, 0.1) is 6.92 Å². The van der Waals surface area contributed by atoms with Gasteiger partial charge in [0.2, 0.25) is 5.91 Å². The van der Waals surface area contributed by atoms with Gasteiger partial charge in [-0.15, -0.1) is 12.4 Å². The normalized spacial score (nSPS) is 11.4. The molecule has 0 aliphatic rings. The maximum Gasteiger partial charge on any atom is 0.237 e. The van der Waals surface area contributed by atoms with Gasteiger partial charge in [-0.1, -0.05) is 42.5 Å². The molecule has 0 aliphatic carbocycles. The molecule has 0 aliphatic heterocycles. The van der Waals surface area contributed by atoms with E-state index in [1.165, 1.54) is 0 Å². The first-order valence-corrected chi connectivity index (χ1v) is 8.97. The van der Waals surface area contributed by atoms with Crippen molar-refractivity contribution < 1.29 is 14.3 Å². The fourth-order valence-electron chi connectivity index (χ4n) is 2.57. The van der Waals surface area contributed by atoms with E-state index in [0.717, 1.165) is 22.4 Å². The number of nitrogens with two attached hydrogens (primary N) is 1. The second-order valence-corrected chi connectivity index (χ2v) is 6.17. The third kappa shape index (κ3) is 7.99. The summed E-state index contributed by atoms with van der Waals surface area (Å²) in [5.41, 5.74) is 9.10. The molecule has 0 saturated carbocycles. The number of benzene rings is 2. The number of aryl methyl sites for hydroxylation is 1. The van der Waals surface area contributed by atoms with Crippen LogP contribution in [0.4, 0.5) is 0 Å². The highest BCUT2D eigenvalue weighted by Crippen LogP contribution is 2.20. The van der Waals surface area contributed by atoms with Crippen LogP contribution >= 0.6 is 12.4 Å². The Balaban J connectivity index is 0.00000364. The van der Waals surface area contributed by atoms with E-state index in [1.807, 2.05) is 62.4 Å². The summed E-state index contributed by atoms with van der Waals surface area (Å²) in [6.07, 6.45) is 0.512. The van der Waals surface area contributed by atoms with Crippen molar-refractivity contribution in [2.24, 2.45) is 5.73 Å². The van der Waals surface area contributed by atoms with Gasteiger partial charge in [0.25, 0.3) is 0 Å². The highest BCUT2D eigenvalue weighted by atomic mass is 35.5. The number of hydrogen-bond donors (Lipinski definition) is 2. The van der Waals surface area contributed by atoms with Gasteiger partial charge >= 0.3 is 0 Å². The number of halogens is 1. The lowest BCUT2D eigenvalue weighted by molar-refractivity contribution is -0.122. The van der Waals surface area contributed by atoms with Gasteiger partial charge in [0.1, 0.15) is 12.4 Å². The fraction of sp³-hybridized carbons (Fsp3) is 0.381. The van der Waals surface area contributed by atoms with Crippen LogP contribution in [-0.2, 0) is 22.5 Å². The molecule has 5 nitrogen and oxygen atoms in total. The molecule has 0 unspecified atom stereocenters. The Labute approximate surface area is 167 Å². The Morgan fingerprint density at radius 3 is 2.59 bits per heavy atom. The molecule has 0 saturated heterocycles. The molecule has 2 aromatic rings. The molecule has 2 aromatic carbocycles. The number of carbonyl (C=O) groups is 1. The van der Waals surface area contributed by atoms with Gasteiger partial charge < -0.3 is 20.5 Å². The first kappa shape index (κ1) is 23.0. The summed E-state index contributed by atoms with van der Waals surface area (Å²) in [5.74, 6) is 0.594. The van der Waals surface area contributed by atoms with Crippen LogP contribution in [0.15, 0.2) is 48.5 Å². The molecule has 27 heavy (non-hydrogen) atoms. The predicted molar refractivity (Wildman–Crippen MR) is 110 cm³/mol. The summed E-state index contributed by atoms with van der Waals surface area (Å²) in [6, 6.07) is 15.1. The molecule has 1 atom stereocenters. The lowest BCUT2D eigenvalue weighted by Gasteiger charge is -2.15. The number of carbonyl (C=O) groups excluding carboxylic acids is 1. The van der Waals surface area contributed by atoms with Gasteiger partial charge in [-0.05, 0) is 37.5 Å². The average molecular weight is 393 g/mol. The first-order chi connectivity index (χ1) is 12.6. The van der Waals surface area contributed by atoms with Crippen LogP contribution in [0.5, 0.6) is 5.75 Å². The van der Waals surface area contributed by atoms with E-state index in [1.54, 1.807) is 0 Å². The van der Waals surface area contributed by atoms with Gasteiger partial charge in [0.15, 0.2) is 0 Å². The summed E-state index contributed by atoms with van der Waals surface area (Å²) in [5, 5.41) is 2.91. The molecule has 2 rings (SSSR count). The molecule has 6 heteroatoms. The van der Waals surface area contributed by atoms with Gasteiger partial charge in [-0.25, -0.2) is 0 Å². The lowest BCUT2D eigenvalue weighted by atomic mass is 10.1. The van der Waals surface area contributed by atoms with Crippen molar-refractivity contribution in [1.82, 2.24) is 5.32 Å². The molecule has 3 N–H and O–H groups in total. The van der Waals surface area contributed by atoms with Crippen molar-refractivity contribution in [2.45, 2.75) is 32.9 Å². The molecular weight excluding hydrogens is 364 g/mol. The Morgan fingerprint density at radius 2 is 1.89 bits per heavy atom. The van der Waals surface area contributed by atoms with E-state index in [-0.39, 0.29) is 18.3 Å². The van der Waals surface area contributed by atoms with Crippen LogP contribution in [0.1, 0.15) is 23.6 Å². The molecule has 1 amide bonds. The SMILES string of the molecule is CCOCCOc1cc(C)ccc1CNC(=O)[C@@H](N)Cc1ccccc1.Cl. The molecule has 0 heterocycles. The van der Waals surface area contributed by atoms with Crippen LogP contribution in [-0.4, -0.2) is 31.8 Å². The average Bonchev–Trinajstić information content (AvgIpc) is 2.65. The molecule has 0 fully saturated rings. The monoisotopic (exact) mass is 392 g/mol. The summed E-state index contributed by atoms with van der Waals surface area (Å²) in [6.45, 7) is 6.02. The number of hydrogen-bond acceptors (Lipinski definition) is 4. The van der Waals surface area contributed by atoms with Crippen molar-refractivity contribution in [3.8, 4) is 5.75 Å². The first-order valence-electron chi connectivity index (χ1n) is 8.97. The van der Waals surface area contributed by atoms with Gasteiger partial charge in [-0.3, -0.25) is 4.79 Å². The topological polar surface area (TPSA) is 73.6 Å². The predicted octanol–water partition coefficient (Wildman–Crippen LogP) is 3.02. The Hall–Kier alpha value is -2.08. The minimum Gasteiger partial charge on any atom is -0.491 e. The Morgan fingerprint density at radius 1 is 1.15 bits per heavy atom. The lowest BCUT2D eigenvalue weighted by Crippen LogP contribution is -2.41. The second-order valence-electron chi connectivity index (χ2n) is 6.17. The Kier molecular flexibility index (Phi) is 10.5. The number of nitrogens with one attached hydrogen (secondary N) is 1. The molecular formula is C21H29ClN2O3.